The van der Waals surface area contributed by atoms with Gasteiger partial charge in [0, 0.05) is 44.2 Å². The summed E-state index contributed by atoms with van der Waals surface area (Å²) in [6.45, 7) is 1.65. The highest BCUT2D eigenvalue weighted by molar-refractivity contribution is 5.77. The van der Waals surface area contributed by atoms with Crippen LogP contribution in [0.15, 0.2) is 36.8 Å². The molecule has 7 heteroatoms. The number of nitrogens with zero attached hydrogens (tertiary/aromatic N) is 4. The van der Waals surface area contributed by atoms with Crippen molar-refractivity contribution in [2.45, 2.75) is 18.8 Å². The number of aromatic nitrogens is 3. The third-order valence-corrected chi connectivity index (χ3v) is 4.12. The molecule has 1 fully saturated rings. The standard InChI is InChI=1S/C17H21N5O2/c1-24-12-17(23)22-9-5-13(6-10-22)14-3-2-4-15(20-14)21-16-11-18-7-8-19-16/h2-4,7-8,11,13H,5-6,9-10,12H2,1H3,(H,19,20,21). The van der Waals surface area contributed by atoms with E-state index in [-0.39, 0.29) is 12.5 Å². The minimum atomic E-state index is 0.0574. The molecule has 1 amide bonds. The van der Waals surface area contributed by atoms with E-state index in [0.29, 0.717) is 11.7 Å². The first-order valence-electron chi connectivity index (χ1n) is 8.03. The van der Waals surface area contributed by atoms with Gasteiger partial charge in [-0.2, -0.15) is 0 Å². The van der Waals surface area contributed by atoms with E-state index in [1.54, 1.807) is 25.7 Å². The van der Waals surface area contributed by atoms with E-state index in [1.165, 1.54) is 0 Å². The molecule has 0 aliphatic carbocycles. The first-order valence-corrected chi connectivity index (χ1v) is 8.03. The Labute approximate surface area is 141 Å². The highest BCUT2D eigenvalue weighted by Crippen LogP contribution is 2.27. The molecule has 0 aromatic carbocycles. The molecule has 0 radical (unpaired) electrons. The van der Waals surface area contributed by atoms with E-state index in [4.69, 9.17) is 9.72 Å². The zero-order chi connectivity index (χ0) is 16.8. The summed E-state index contributed by atoms with van der Waals surface area (Å²) in [4.78, 5) is 26.6. The quantitative estimate of drug-likeness (QED) is 0.904. The average molecular weight is 327 g/mol. The number of nitrogens with one attached hydrogen (secondary N) is 1. The zero-order valence-corrected chi connectivity index (χ0v) is 13.7. The Bertz CT molecular complexity index is 672. The molecule has 1 N–H and O–H groups in total. The fraction of sp³-hybridized carbons (Fsp3) is 0.412. The van der Waals surface area contributed by atoms with Crippen molar-refractivity contribution in [2.24, 2.45) is 0 Å². The smallest absolute Gasteiger partial charge is 0.248 e. The highest BCUT2D eigenvalue weighted by atomic mass is 16.5. The van der Waals surface area contributed by atoms with Gasteiger partial charge in [-0.3, -0.25) is 9.78 Å². The Morgan fingerprint density at radius 3 is 2.83 bits per heavy atom. The number of carbonyl (C=O) groups is 1. The van der Waals surface area contributed by atoms with Crippen LogP contribution in [0, 0.1) is 0 Å². The number of methoxy groups -OCH3 is 1. The number of hydrogen-bond acceptors (Lipinski definition) is 6. The number of likely N-dealkylation sites (tertiary alicyclic amines) is 1. The Morgan fingerprint density at radius 2 is 2.12 bits per heavy atom. The summed E-state index contributed by atoms with van der Waals surface area (Å²) in [7, 11) is 1.55. The third kappa shape index (κ3) is 4.05. The normalized spacial score (nSPS) is 15.3. The number of anilines is 2. The van der Waals surface area contributed by atoms with Gasteiger partial charge < -0.3 is 15.0 Å². The molecule has 126 valence electrons. The van der Waals surface area contributed by atoms with E-state index >= 15 is 0 Å². The second-order valence-electron chi connectivity index (χ2n) is 5.75. The van der Waals surface area contributed by atoms with Crippen LogP contribution >= 0.6 is 0 Å². The monoisotopic (exact) mass is 327 g/mol. The number of amides is 1. The number of pyridine rings is 1. The number of rotatable bonds is 5. The lowest BCUT2D eigenvalue weighted by Gasteiger charge is -2.31. The zero-order valence-electron chi connectivity index (χ0n) is 13.7. The van der Waals surface area contributed by atoms with Crippen LogP contribution < -0.4 is 5.32 Å². The molecule has 0 saturated carbocycles. The molecule has 1 saturated heterocycles. The first kappa shape index (κ1) is 16.3. The number of hydrogen-bond donors (Lipinski definition) is 1. The van der Waals surface area contributed by atoms with Gasteiger partial charge in [0.05, 0.1) is 6.20 Å². The molecule has 7 nitrogen and oxygen atoms in total. The summed E-state index contributed by atoms with van der Waals surface area (Å²) in [5.41, 5.74) is 1.04. The Balaban J connectivity index is 1.62. The van der Waals surface area contributed by atoms with Gasteiger partial charge in [-0.25, -0.2) is 9.97 Å². The van der Waals surface area contributed by atoms with Gasteiger partial charge in [-0.1, -0.05) is 6.07 Å². The molecule has 2 aromatic rings. The van der Waals surface area contributed by atoms with Crippen LogP contribution in [0.5, 0.6) is 0 Å². The Hall–Kier alpha value is -2.54. The van der Waals surface area contributed by atoms with Crippen molar-refractivity contribution in [3.05, 3.63) is 42.5 Å². The fourth-order valence-electron chi connectivity index (χ4n) is 2.88. The third-order valence-electron chi connectivity index (χ3n) is 4.12. The lowest BCUT2D eigenvalue weighted by molar-refractivity contribution is -0.136. The summed E-state index contributed by atoms with van der Waals surface area (Å²) in [6.07, 6.45) is 6.76. The molecule has 3 heterocycles. The average Bonchev–Trinajstić information content (AvgIpc) is 2.63. The molecular formula is C17H21N5O2. The largest absolute Gasteiger partial charge is 0.375 e. The van der Waals surface area contributed by atoms with E-state index in [0.717, 1.165) is 37.4 Å². The summed E-state index contributed by atoms with van der Waals surface area (Å²) < 4.78 is 4.92. The van der Waals surface area contributed by atoms with Gasteiger partial charge in [0.1, 0.15) is 18.2 Å². The number of carbonyl (C=O) groups excluding carboxylic acids is 1. The molecule has 0 atom stereocenters. The Morgan fingerprint density at radius 1 is 1.29 bits per heavy atom. The van der Waals surface area contributed by atoms with Crippen molar-refractivity contribution >= 4 is 17.5 Å². The van der Waals surface area contributed by atoms with Crippen molar-refractivity contribution in [3.63, 3.8) is 0 Å². The molecule has 1 aliphatic heterocycles. The van der Waals surface area contributed by atoms with E-state index < -0.39 is 0 Å². The van der Waals surface area contributed by atoms with Crippen LogP contribution in [0.3, 0.4) is 0 Å². The lowest BCUT2D eigenvalue weighted by atomic mass is 9.93. The second kappa shape index (κ2) is 7.83. The molecule has 0 unspecified atom stereocenters. The predicted octanol–water partition coefficient (Wildman–Crippen LogP) is 1.97. The minimum absolute atomic E-state index is 0.0574. The molecule has 1 aliphatic rings. The molecule has 2 aromatic heterocycles. The predicted molar refractivity (Wildman–Crippen MR) is 90.0 cm³/mol. The summed E-state index contributed by atoms with van der Waals surface area (Å²) in [6, 6.07) is 5.94. The Kier molecular flexibility index (Phi) is 5.32. The first-order chi connectivity index (χ1) is 11.8. The summed E-state index contributed by atoms with van der Waals surface area (Å²) >= 11 is 0. The molecular weight excluding hydrogens is 306 g/mol. The SMILES string of the molecule is COCC(=O)N1CCC(c2cccc(Nc3cnccn3)n2)CC1. The van der Waals surface area contributed by atoms with Crippen LogP contribution in [0.25, 0.3) is 0 Å². The van der Waals surface area contributed by atoms with Crippen molar-refractivity contribution in [1.82, 2.24) is 19.9 Å². The van der Waals surface area contributed by atoms with Crippen LogP contribution in [-0.4, -0.2) is 52.6 Å². The van der Waals surface area contributed by atoms with Gasteiger partial charge in [-0.05, 0) is 25.0 Å². The van der Waals surface area contributed by atoms with Crippen molar-refractivity contribution < 1.29 is 9.53 Å². The van der Waals surface area contributed by atoms with Gasteiger partial charge in [0.15, 0.2) is 0 Å². The maximum absolute atomic E-state index is 11.9. The van der Waals surface area contributed by atoms with Crippen molar-refractivity contribution in [1.29, 1.82) is 0 Å². The van der Waals surface area contributed by atoms with Gasteiger partial charge in [0.25, 0.3) is 0 Å². The van der Waals surface area contributed by atoms with Crippen LogP contribution in [0.4, 0.5) is 11.6 Å². The molecule has 0 spiro atoms. The van der Waals surface area contributed by atoms with Crippen molar-refractivity contribution in [2.75, 3.05) is 32.1 Å². The number of piperidine rings is 1. The second-order valence-corrected chi connectivity index (χ2v) is 5.75. The topological polar surface area (TPSA) is 80.2 Å². The van der Waals surface area contributed by atoms with E-state index in [9.17, 15) is 4.79 Å². The van der Waals surface area contributed by atoms with Crippen LogP contribution in [-0.2, 0) is 9.53 Å². The van der Waals surface area contributed by atoms with Crippen LogP contribution in [0.2, 0.25) is 0 Å². The van der Waals surface area contributed by atoms with E-state index in [2.05, 4.69) is 15.3 Å². The molecule has 3 rings (SSSR count). The van der Waals surface area contributed by atoms with Gasteiger partial charge in [-0.15, -0.1) is 0 Å². The molecule has 24 heavy (non-hydrogen) atoms. The minimum Gasteiger partial charge on any atom is -0.375 e. The fourth-order valence-corrected chi connectivity index (χ4v) is 2.88. The summed E-state index contributed by atoms with van der Waals surface area (Å²) in [5, 5.41) is 3.16. The lowest BCUT2D eigenvalue weighted by Crippen LogP contribution is -2.39. The van der Waals surface area contributed by atoms with Gasteiger partial charge in [0.2, 0.25) is 5.91 Å². The number of ether oxygens (including phenoxy) is 1. The maximum Gasteiger partial charge on any atom is 0.248 e. The summed E-state index contributed by atoms with van der Waals surface area (Å²) in [5.74, 6) is 1.84. The van der Waals surface area contributed by atoms with Gasteiger partial charge >= 0.3 is 0 Å². The van der Waals surface area contributed by atoms with Crippen LogP contribution in [0.1, 0.15) is 24.5 Å². The van der Waals surface area contributed by atoms with Crippen molar-refractivity contribution in [3.8, 4) is 0 Å². The highest BCUT2D eigenvalue weighted by Gasteiger charge is 2.24. The molecule has 0 bridgehead atoms. The maximum atomic E-state index is 11.9. The van der Waals surface area contributed by atoms with E-state index in [1.807, 2.05) is 23.1 Å².